The molecular formula is C19H24OTh. The molecule has 0 saturated heterocycles. The maximum absolute atomic E-state index is 9.53. The average molecular weight is 500 g/mol. The zero-order chi connectivity index (χ0) is 14.7. The molecule has 0 aromatic heterocycles. The summed E-state index contributed by atoms with van der Waals surface area (Å²) < 4.78 is 0. The van der Waals surface area contributed by atoms with Crippen molar-refractivity contribution >= 4 is 0 Å². The van der Waals surface area contributed by atoms with Crippen LogP contribution in [0.4, 0.5) is 0 Å². The summed E-state index contributed by atoms with van der Waals surface area (Å²) in [6.45, 7) is 2.11. The van der Waals surface area contributed by atoms with Crippen LogP contribution in [0.25, 0.3) is 0 Å². The molecule has 2 heteroatoms. The molecule has 3 aromatic carbocycles. The van der Waals surface area contributed by atoms with E-state index in [-0.39, 0.29) is 46.5 Å². The normalized spacial score (nSPS) is 7.71. The van der Waals surface area contributed by atoms with Crippen molar-refractivity contribution in [3.05, 3.63) is 91.0 Å². The number of rotatable bonds is 2. The van der Waals surface area contributed by atoms with Crippen LogP contribution < -0.4 is 5.11 Å². The molecule has 110 valence electrons. The maximum Gasteiger partial charge on any atom is 4.00 e. The molecule has 21 heavy (non-hydrogen) atoms. The zero-order valence-corrected chi connectivity index (χ0v) is 16.8. The summed E-state index contributed by atoms with van der Waals surface area (Å²) in [5.74, 6) is 0. The van der Waals surface area contributed by atoms with Crippen molar-refractivity contribution in [3.63, 3.8) is 0 Å². The molecular weight excluding hydrogens is 476 g/mol. The molecule has 0 atom stereocenters. The predicted octanol–water partition coefficient (Wildman–Crippen LogP) is 4.36. The van der Waals surface area contributed by atoms with Crippen LogP contribution in [0.5, 0.6) is 0 Å². The van der Waals surface area contributed by atoms with Gasteiger partial charge in [0.2, 0.25) is 0 Å². The Morgan fingerprint density at radius 2 is 0.952 bits per heavy atom. The summed E-state index contributed by atoms with van der Waals surface area (Å²) in [6, 6.07) is 30.0. The summed E-state index contributed by atoms with van der Waals surface area (Å²) >= 11 is 0. The Morgan fingerprint density at radius 3 is 1.00 bits per heavy atom. The molecule has 0 fully saturated rings. The van der Waals surface area contributed by atoms with Crippen molar-refractivity contribution < 1.29 is 45.0 Å². The minimum absolute atomic E-state index is 0. The topological polar surface area (TPSA) is 23.1 Å². The summed E-state index contributed by atoms with van der Waals surface area (Å²) in [7, 11) is 0. The summed E-state index contributed by atoms with van der Waals surface area (Å²) in [6.07, 6.45) is 1.86. The smallest absolute Gasteiger partial charge is 0.854 e. The van der Waals surface area contributed by atoms with Crippen LogP contribution in [0, 0.1) is 39.9 Å². The van der Waals surface area contributed by atoms with Crippen molar-refractivity contribution in [2.24, 2.45) is 0 Å². The Bertz CT molecular complexity index is 282. The summed E-state index contributed by atoms with van der Waals surface area (Å²) in [5, 5.41) is 9.53. The van der Waals surface area contributed by atoms with Gasteiger partial charge >= 0.3 is 39.9 Å². The Labute approximate surface area is 161 Å². The van der Waals surface area contributed by atoms with Crippen LogP contribution in [0.1, 0.15) is 19.8 Å². The van der Waals surface area contributed by atoms with Gasteiger partial charge in [-0.25, -0.2) is 36.4 Å². The molecule has 1 nitrogen and oxygen atoms in total. The third-order valence-corrected chi connectivity index (χ3v) is 2.16. The number of hydrogen-bond acceptors (Lipinski definition) is 1. The Kier molecular flexibility index (Phi) is 23.3. The molecule has 0 amide bonds. The van der Waals surface area contributed by atoms with E-state index < -0.39 is 0 Å². The second-order valence-corrected chi connectivity index (χ2v) is 3.94. The second kappa shape index (κ2) is 21.6. The minimum atomic E-state index is 0. The quantitative estimate of drug-likeness (QED) is 0.480. The van der Waals surface area contributed by atoms with Crippen molar-refractivity contribution in [3.8, 4) is 0 Å². The van der Waals surface area contributed by atoms with Crippen LogP contribution >= 0.6 is 0 Å². The molecule has 0 N–H and O–H groups in total. The molecule has 0 aliphatic rings. The fourth-order valence-corrected chi connectivity index (χ4v) is 1.11. The number of unbranched alkanes of at least 4 members (excludes halogenated alkanes) is 1. The molecule has 0 heterocycles. The van der Waals surface area contributed by atoms with E-state index in [4.69, 9.17) is 0 Å². The first-order valence-electron chi connectivity index (χ1n) is 7.00. The molecule has 0 spiro atoms. The van der Waals surface area contributed by atoms with E-state index in [9.17, 15) is 5.11 Å². The first kappa shape index (κ1) is 22.6. The molecule has 0 aliphatic carbocycles. The van der Waals surface area contributed by atoms with E-state index >= 15 is 0 Å². The van der Waals surface area contributed by atoms with Gasteiger partial charge in [-0.05, 0) is 0 Å². The van der Waals surface area contributed by atoms with E-state index in [0.717, 1.165) is 12.8 Å². The average Bonchev–Trinajstić information content (AvgIpc) is 3.27. The van der Waals surface area contributed by atoms with Crippen LogP contribution in [0.3, 0.4) is 0 Å². The van der Waals surface area contributed by atoms with Crippen LogP contribution in [0.2, 0.25) is 0 Å². The molecule has 0 aliphatic heterocycles. The molecule has 0 bridgehead atoms. The third kappa shape index (κ3) is 21.8. The van der Waals surface area contributed by atoms with E-state index in [0.29, 0.717) is 0 Å². The van der Waals surface area contributed by atoms with Crippen molar-refractivity contribution in [1.82, 2.24) is 0 Å². The SMILES string of the molecule is CCCC[O-].[Th+4].c1cc[cH-]c1.c1cc[cH-]c1.c1cc[cH-]c1. The summed E-state index contributed by atoms with van der Waals surface area (Å²) in [4.78, 5) is 0. The van der Waals surface area contributed by atoms with Crippen molar-refractivity contribution in [2.45, 2.75) is 19.8 Å². The fraction of sp³-hybridized carbons (Fsp3) is 0.211. The van der Waals surface area contributed by atoms with Gasteiger partial charge in [0.05, 0.1) is 0 Å². The van der Waals surface area contributed by atoms with Crippen LogP contribution in [0.15, 0.2) is 91.0 Å². The van der Waals surface area contributed by atoms with Gasteiger partial charge in [-0.1, -0.05) is 19.8 Å². The maximum atomic E-state index is 9.53. The van der Waals surface area contributed by atoms with Gasteiger partial charge in [0.1, 0.15) is 0 Å². The molecule has 3 aromatic rings. The van der Waals surface area contributed by atoms with Crippen molar-refractivity contribution in [1.29, 1.82) is 0 Å². The second-order valence-electron chi connectivity index (χ2n) is 3.94. The molecule has 3 rings (SSSR count). The Balaban J connectivity index is 0. The van der Waals surface area contributed by atoms with Gasteiger partial charge in [-0.15, -0.1) is 6.61 Å². The van der Waals surface area contributed by atoms with Gasteiger partial charge in [0, 0.05) is 0 Å². The van der Waals surface area contributed by atoms with Gasteiger partial charge < -0.3 is 5.11 Å². The van der Waals surface area contributed by atoms with Crippen molar-refractivity contribution in [2.75, 3.05) is 6.61 Å². The Morgan fingerprint density at radius 1 is 0.667 bits per heavy atom. The third-order valence-electron chi connectivity index (χ3n) is 2.16. The van der Waals surface area contributed by atoms with Gasteiger partial charge in [-0.3, -0.25) is 0 Å². The molecule has 0 unspecified atom stereocenters. The monoisotopic (exact) mass is 500 g/mol. The molecule has 0 saturated carbocycles. The predicted molar refractivity (Wildman–Crippen MR) is 85.9 cm³/mol. The van der Waals surface area contributed by atoms with Crippen LogP contribution in [-0.2, 0) is 0 Å². The largest absolute Gasteiger partial charge is 4.00 e. The fourth-order valence-electron chi connectivity index (χ4n) is 1.11. The zero-order valence-electron chi connectivity index (χ0n) is 12.7. The van der Waals surface area contributed by atoms with E-state index in [1.54, 1.807) is 0 Å². The Hall–Kier alpha value is -0.665. The van der Waals surface area contributed by atoms with Gasteiger partial charge in [0.25, 0.3) is 0 Å². The van der Waals surface area contributed by atoms with E-state index in [2.05, 4.69) is 0 Å². The first-order valence-corrected chi connectivity index (χ1v) is 7.00. The first-order chi connectivity index (χ1) is 9.91. The standard InChI is InChI=1S/3C5H5.C4H9O.Th/c3*1-2-4-5-3-1;1-2-3-4-5;/h3*1-5H;2-4H2,1H3;/q4*-1;+4. The van der Waals surface area contributed by atoms with Crippen LogP contribution in [-0.4, -0.2) is 6.61 Å². The van der Waals surface area contributed by atoms with Gasteiger partial charge in [0.15, 0.2) is 0 Å². The number of hydrogen-bond donors (Lipinski definition) is 0. The summed E-state index contributed by atoms with van der Waals surface area (Å²) in [5.41, 5.74) is 0. The van der Waals surface area contributed by atoms with E-state index in [1.165, 1.54) is 0 Å². The molecule has 0 radical (unpaired) electrons. The van der Waals surface area contributed by atoms with E-state index in [1.807, 2.05) is 97.9 Å². The van der Waals surface area contributed by atoms with Gasteiger partial charge in [-0.2, -0.15) is 54.6 Å². The minimum Gasteiger partial charge on any atom is -0.854 e.